The lowest BCUT2D eigenvalue weighted by Gasteiger charge is -2.10. The molecule has 1 unspecified atom stereocenters. The SMILES string of the molecule is Cc1nn(CC2CCCO2)c(C)c1S(=O)(=O)Cl. The molecule has 0 radical (unpaired) electrons. The van der Waals surface area contributed by atoms with Crippen LogP contribution in [0.15, 0.2) is 4.90 Å². The molecule has 2 rings (SSSR count). The van der Waals surface area contributed by atoms with Crippen LogP contribution in [0.3, 0.4) is 0 Å². The molecule has 2 heterocycles. The number of aromatic nitrogens is 2. The first-order chi connectivity index (χ1) is 7.89. The van der Waals surface area contributed by atoms with Crippen LogP contribution in [0, 0.1) is 13.8 Å². The first-order valence-electron chi connectivity index (χ1n) is 5.50. The van der Waals surface area contributed by atoms with Gasteiger partial charge in [0.05, 0.1) is 24.0 Å². The highest BCUT2D eigenvalue weighted by Crippen LogP contribution is 2.24. The van der Waals surface area contributed by atoms with Gasteiger partial charge in [0.25, 0.3) is 9.05 Å². The Morgan fingerprint density at radius 1 is 1.53 bits per heavy atom. The van der Waals surface area contributed by atoms with Crippen LogP contribution in [0.1, 0.15) is 24.2 Å². The van der Waals surface area contributed by atoms with E-state index in [9.17, 15) is 8.42 Å². The minimum Gasteiger partial charge on any atom is -0.376 e. The second kappa shape index (κ2) is 4.59. The molecule has 0 bridgehead atoms. The average Bonchev–Trinajstić information content (AvgIpc) is 2.75. The van der Waals surface area contributed by atoms with Gasteiger partial charge in [-0.15, -0.1) is 0 Å². The Morgan fingerprint density at radius 2 is 2.24 bits per heavy atom. The number of rotatable bonds is 3. The van der Waals surface area contributed by atoms with Gasteiger partial charge in [-0.2, -0.15) is 5.10 Å². The normalized spacial score (nSPS) is 21.0. The van der Waals surface area contributed by atoms with Crippen molar-refractivity contribution >= 4 is 19.7 Å². The molecule has 1 aliphatic rings. The van der Waals surface area contributed by atoms with Crippen LogP contribution in [-0.2, 0) is 20.3 Å². The van der Waals surface area contributed by atoms with Gasteiger partial charge in [-0.1, -0.05) is 0 Å². The quantitative estimate of drug-likeness (QED) is 0.788. The number of hydrogen-bond donors (Lipinski definition) is 0. The highest BCUT2D eigenvalue weighted by atomic mass is 35.7. The molecule has 1 saturated heterocycles. The van der Waals surface area contributed by atoms with Crippen molar-refractivity contribution < 1.29 is 13.2 Å². The fourth-order valence-corrected chi connectivity index (χ4v) is 3.71. The largest absolute Gasteiger partial charge is 0.376 e. The van der Waals surface area contributed by atoms with E-state index in [1.54, 1.807) is 18.5 Å². The van der Waals surface area contributed by atoms with E-state index in [0.29, 0.717) is 17.9 Å². The van der Waals surface area contributed by atoms with E-state index < -0.39 is 9.05 Å². The molecule has 0 aliphatic carbocycles. The van der Waals surface area contributed by atoms with E-state index in [1.165, 1.54) is 0 Å². The van der Waals surface area contributed by atoms with Gasteiger partial charge in [0, 0.05) is 17.3 Å². The molecule has 0 amide bonds. The highest BCUT2D eigenvalue weighted by Gasteiger charge is 2.24. The first kappa shape index (κ1) is 12.9. The van der Waals surface area contributed by atoms with Crippen molar-refractivity contribution in [1.29, 1.82) is 0 Å². The predicted octanol–water partition coefficient (Wildman–Crippen LogP) is 1.61. The number of aryl methyl sites for hydroxylation is 1. The summed E-state index contributed by atoms with van der Waals surface area (Å²) in [5.74, 6) is 0. The summed E-state index contributed by atoms with van der Waals surface area (Å²) in [7, 11) is 1.66. The zero-order chi connectivity index (χ0) is 12.6. The lowest BCUT2D eigenvalue weighted by Crippen LogP contribution is -2.17. The maximum Gasteiger partial charge on any atom is 0.264 e. The third-order valence-corrected chi connectivity index (χ3v) is 4.50. The van der Waals surface area contributed by atoms with Gasteiger partial charge in [-0.25, -0.2) is 8.42 Å². The van der Waals surface area contributed by atoms with E-state index in [-0.39, 0.29) is 11.0 Å². The van der Waals surface area contributed by atoms with Crippen molar-refractivity contribution in [2.45, 2.75) is 44.2 Å². The molecule has 1 fully saturated rings. The molecule has 1 aromatic rings. The fraction of sp³-hybridized carbons (Fsp3) is 0.700. The fourth-order valence-electron chi connectivity index (χ4n) is 2.19. The molecule has 1 aliphatic heterocycles. The van der Waals surface area contributed by atoms with Gasteiger partial charge in [0.1, 0.15) is 4.90 Å². The molecular weight excluding hydrogens is 264 g/mol. The average molecular weight is 279 g/mol. The van der Waals surface area contributed by atoms with E-state index in [4.69, 9.17) is 15.4 Å². The van der Waals surface area contributed by atoms with Gasteiger partial charge < -0.3 is 4.74 Å². The van der Waals surface area contributed by atoms with E-state index in [0.717, 1.165) is 19.4 Å². The molecule has 96 valence electrons. The van der Waals surface area contributed by atoms with Gasteiger partial charge in [-0.05, 0) is 26.7 Å². The Labute approximate surface area is 105 Å². The second-order valence-corrected chi connectivity index (χ2v) is 6.76. The van der Waals surface area contributed by atoms with Crippen molar-refractivity contribution in [2.75, 3.05) is 6.61 Å². The molecule has 0 N–H and O–H groups in total. The smallest absolute Gasteiger partial charge is 0.264 e. The Balaban J connectivity index is 2.30. The van der Waals surface area contributed by atoms with Gasteiger partial charge in [-0.3, -0.25) is 4.68 Å². The van der Waals surface area contributed by atoms with Gasteiger partial charge in [0.2, 0.25) is 0 Å². The van der Waals surface area contributed by atoms with Crippen LogP contribution in [0.25, 0.3) is 0 Å². The summed E-state index contributed by atoms with van der Waals surface area (Å²) in [6, 6.07) is 0. The van der Waals surface area contributed by atoms with Gasteiger partial charge in [0.15, 0.2) is 0 Å². The van der Waals surface area contributed by atoms with Crippen molar-refractivity contribution in [1.82, 2.24) is 9.78 Å². The Hall–Kier alpha value is -0.590. The summed E-state index contributed by atoms with van der Waals surface area (Å²) < 4.78 is 30.0. The molecule has 0 aromatic carbocycles. The van der Waals surface area contributed by atoms with Crippen LogP contribution >= 0.6 is 10.7 Å². The maximum atomic E-state index is 11.4. The Bertz CT molecular complexity index is 518. The summed E-state index contributed by atoms with van der Waals surface area (Å²) in [6.07, 6.45) is 2.16. The molecule has 1 atom stereocenters. The number of halogens is 1. The summed E-state index contributed by atoms with van der Waals surface area (Å²) in [5, 5.41) is 4.21. The number of nitrogens with zero attached hydrogens (tertiary/aromatic N) is 2. The summed E-state index contributed by atoms with van der Waals surface area (Å²) >= 11 is 0. The minimum absolute atomic E-state index is 0.122. The maximum absolute atomic E-state index is 11.4. The zero-order valence-electron chi connectivity index (χ0n) is 9.81. The molecule has 17 heavy (non-hydrogen) atoms. The van der Waals surface area contributed by atoms with Crippen molar-refractivity contribution in [3.8, 4) is 0 Å². The first-order valence-corrected chi connectivity index (χ1v) is 7.81. The van der Waals surface area contributed by atoms with Crippen molar-refractivity contribution in [3.05, 3.63) is 11.4 Å². The third kappa shape index (κ3) is 2.64. The number of hydrogen-bond acceptors (Lipinski definition) is 4. The number of ether oxygens (including phenoxy) is 1. The third-order valence-electron chi connectivity index (χ3n) is 2.96. The van der Waals surface area contributed by atoms with Crippen LogP contribution in [0.2, 0.25) is 0 Å². The van der Waals surface area contributed by atoms with E-state index in [2.05, 4.69) is 5.10 Å². The van der Waals surface area contributed by atoms with E-state index >= 15 is 0 Å². The van der Waals surface area contributed by atoms with Crippen LogP contribution in [0.5, 0.6) is 0 Å². The molecule has 7 heteroatoms. The molecule has 1 aromatic heterocycles. The summed E-state index contributed by atoms with van der Waals surface area (Å²) in [5.41, 5.74) is 1.02. The van der Waals surface area contributed by atoms with E-state index in [1.807, 2.05) is 0 Å². The zero-order valence-corrected chi connectivity index (χ0v) is 11.4. The monoisotopic (exact) mass is 278 g/mol. The lowest BCUT2D eigenvalue weighted by atomic mass is 10.2. The Morgan fingerprint density at radius 3 is 2.71 bits per heavy atom. The summed E-state index contributed by atoms with van der Waals surface area (Å²) in [6.45, 7) is 4.71. The van der Waals surface area contributed by atoms with Crippen molar-refractivity contribution in [2.24, 2.45) is 0 Å². The molecular formula is C10H15ClN2O3S. The van der Waals surface area contributed by atoms with Crippen molar-refractivity contribution in [3.63, 3.8) is 0 Å². The minimum atomic E-state index is -3.73. The topological polar surface area (TPSA) is 61.2 Å². The van der Waals surface area contributed by atoms with Crippen LogP contribution < -0.4 is 0 Å². The summed E-state index contributed by atoms with van der Waals surface area (Å²) in [4.78, 5) is 0.122. The van der Waals surface area contributed by atoms with Crippen LogP contribution in [0.4, 0.5) is 0 Å². The lowest BCUT2D eigenvalue weighted by molar-refractivity contribution is 0.0933. The Kier molecular flexibility index (Phi) is 3.47. The van der Waals surface area contributed by atoms with Crippen LogP contribution in [-0.4, -0.2) is 30.9 Å². The molecule has 5 nitrogen and oxygen atoms in total. The second-order valence-electron chi connectivity index (χ2n) is 4.25. The van der Waals surface area contributed by atoms with Gasteiger partial charge >= 0.3 is 0 Å². The predicted molar refractivity (Wildman–Crippen MR) is 63.7 cm³/mol. The standard InChI is InChI=1S/C10H15ClN2O3S/c1-7-10(17(11,14)15)8(2)13(12-7)6-9-4-3-5-16-9/h9H,3-6H2,1-2H3. The molecule has 0 saturated carbocycles. The highest BCUT2D eigenvalue weighted by molar-refractivity contribution is 8.13. The molecule has 0 spiro atoms.